The zero-order valence-electron chi connectivity index (χ0n) is 12.6. The standard InChI is InChI=1S/C15H21BrN2O3/c1-15(2,3)21-14(19)18-8-6-11(9-18)10-20-13-12(16)5-4-7-17-13/h4-5,7,11H,6,8-10H2,1-3H3. The monoisotopic (exact) mass is 356 g/mol. The van der Waals surface area contributed by atoms with Gasteiger partial charge in [-0.3, -0.25) is 0 Å². The molecule has 0 spiro atoms. The summed E-state index contributed by atoms with van der Waals surface area (Å²) in [7, 11) is 0. The van der Waals surface area contributed by atoms with Gasteiger partial charge in [-0.15, -0.1) is 0 Å². The molecule has 1 amide bonds. The molecule has 1 aliphatic heterocycles. The molecular formula is C15H21BrN2O3. The van der Waals surface area contributed by atoms with Gasteiger partial charge in [-0.05, 0) is 55.3 Å². The third-order valence-electron chi connectivity index (χ3n) is 3.12. The number of halogens is 1. The molecular weight excluding hydrogens is 336 g/mol. The molecule has 1 aromatic rings. The van der Waals surface area contributed by atoms with Crippen LogP contribution in [-0.2, 0) is 4.74 Å². The zero-order chi connectivity index (χ0) is 15.5. The van der Waals surface area contributed by atoms with Crippen molar-refractivity contribution in [1.29, 1.82) is 0 Å². The van der Waals surface area contributed by atoms with Crippen molar-refractivity contribution >= 4 is 22.0 Å². The Morgan fingerprint density at radius 3 is 2.95 bits per heavy atom. The molecule has 2 heterocycles. The molecule has 1 aromatic heterocycles. The van der Waals surface area contributed by atoms with E-state index in [1.165, 1.54) is 0 Å². The van der Waals surface area contributed by atoms with Crippen LogP contribution in [0.25, 0.3) is 0 Å². The fourth-order valence-electron chi connectivity index (χ4n) is 2.14. The van der Waals surface area contributed by atoms with Gasteiger partial charge in [0.1, 0.15) is 5.60 Å². The predicted octanol–water partition coefficient (Wildman–Crippen LogP) is 3.48. The SMILES string of the molecule is CC(C)(C)OC(=O)N1CCC(COc2ncccc2Br)C1. The first-order valence-corrected chi connectivity index (χ1v) is 7.86. The van der Waals surface area contributed by atoms with Gasteiger partial charge in [0.05, 0.1) is 11.1 Å². The lowest BCUT2D eigenvalue weighted by Crippen LogP contribution is -2.35. The largest absolute Gasteiger partial charge is 0.476 e. The second-order valence-electron chi connectivity index (χ2n) is 6.18. The van der Waals surface area contributed by atoms with Gasteiger partial charge in [-0.25, -0.2) is 9.78 Å². The van der Waals surface area contributed by atoms with E-state index in [9.17, 15) is 4.79 Å². The molecule has 0 N–H and O–H groups in total. The number of carbonyl (C=O) groups excluding carboxylic acids is 1. The Hall–Kier alpha value is -1.30. The number of hydrogen-bond acceptors (Lipinski definition) is 4. The molecule has 1 unspecified atom stereocenters. The van der Waals surface area contributed by atoms with Crippen LogP contribution in [0.2, 0.25) is 0 Å². The Morgan fingerprint density at radius 1 is 1.52 bits per heavy atom. The van der Waals surface area contributed by atoms with Crippen LogP contribution in [0.5, 0.6) is 5.88 Å². The molecule has 1 atom stereocenters. The minimum absolute atomic E-state index is 0.246. The van der Waals surface area contributed by atoms with Crippen LogP contribution in [-0.4, -0.2) is 41.3 Å². The van der Waals surface area contributed by atoms with E-state index in [-0.39, 0.29) is 6.09 Å². The van der Waals surface area contributed by atoms with E-state index in [1.807, 2.05) is 32.9 Å². The van der Waals surface area contributed by atoms with Crippen molar-refractivity contribution in [3.63, 3.8) is 0 Å². The molecule has 0 aliphatic carbocycles. The van der Waals surface area contributed by atoms with Crippen LogP contribution in [0.4, 0.5) is 4.79 Å². The summed E-state index contributed by atoms with van der Waals surface area (Å²) in [6.45, 7) is 7.56. The molecule has 0 bridgehead atoms. The number of pyridine rings is 1. The summed E-state index contributed by atoms with van der Waals surface area (Å²) in [5.41, 5.74) is -0.454. The topological polar surface area (TPSA) is 51.7 Å². The number of ether oxygens (including phenoxy) is 2. The predicted molar refractivity (Wildman–Crippen MR) is 83.3 cm³/mol. The molecule has 0 aromatic carbocycles. The quantitative estimate of drug-likeness (QED) is 0.831. The van der Waals surface area contributed by atoms with Gasteiger partial charge in [0.2, 0.25) is 5.88 Å². The smallest absolute Gasteiger partial charge is 0.410 e. The summed E-state index contributed by atoms with van der Waals surface area (Å²) >= 11 is 3.40. The van der Waals surface area contributed by atoms with E-state index >= 15 is 0 Å². The highest BCUT2D eigenvalue weighted by Crippen LogP contribution is 2.24. The Balaban J connectivity index is 1.80. The first-order chi connectivity index (χ1) is 9.85. The van der Waals surface area contributed by atoms with Gasteiger partial charge < -0.3 is 14.4 Å². The van der Waals surface area contributed by atoms with Crippen molar-refractivity contribution in [3.05, 3.63) is 22.8 Å². The number of carbonyl (C=O) groups is 1. The number of rotatable bonds is 3. The average molecular weight is 357 g/mol. The summed E-state index contributed by atoms with van der Waals surface area (Å²) < 4.78 is 11.9. The van der Waals surface area contributed by atoms with E-state index < -0.39 is 5.60 Å². The van der Waals surface area contributed by atoms with Crippen LogP contribution in [0, 0.1) is 5.92 Å². The number of nitrogens with zero attached hydrogens (tertiary/aromatic N) is 2. The highest BCUT2D eigenvalue weighted by Gasteiger charge is 2.30. The molecule has 5 nitrogen and oxygen atoms in total. The van der Waals surface area contributed by atoms with Gasteiger partial charge in [-0.1, -0.05) is 0 Å². The molecule has 116 valence electrons. The molecule has 6 heteroatoms. The van der Waals surface area contributed by atoms with Gasteiger partial charge >= 0.3 is 6.09 Å². The normalized spacial score (nSPS) is 18.7. The third-order valence-corrected chi connectivity index (χ3v) is 3.72. The number of likely N-dealkylation sites (tertiary alicyclic amines) is 1. The highest BCUT2D eigenvalue weighted by molar-refractivity contribution is 9.10. The molecule has 0 saturated carbocycles. The minimum Gasteiger partial charge on any atom is -0.476 e. The maximum atomic E-state index is 12.0. The maximum absolute atomic E-state index is 12.0. The van der Waals surface area contributed by atoms with Crippen LogP contribution in [0.1, 0.15) is 27.2 Å². The van der Waals surface area contributed by atoms with Gasteiger partial charge in [0.25, 0.3) is 0 Å². The van der Waals surface area contributed by atoms with Crippen molar-refractivity contribution in [2.75, 3.05) is 19.7 Å². The second-order valence-corrected chi connectivity index (χ2v) is 7.04. The molecule has 1 fully saturated rings. The Bertz CT molecular complexity index is 502. The molecule has 0 radical (unpaired) electrons. The maximum Gasteiger partial charge on any atom is 0.410 e. The van der Waals surface area contributed by atoms with Crippen LogP contribution < -0.4 is 4.74 Å². The number of amides is 1. The summed E-state index contributed by atoms with van der Waals surface area (Å²) in [4.78, 5) is 17.9. The fourth-order valence-corrected chi connectivity index (χ4v) is 2.50. The van der Waals surface area contributed by atoms with E-state index in [0.717, 1.165) is 10.9 Å². The highest BCUT2D eigenvalue weighted by atomic mass is 79.9. The van der Waals surface area contributed by atoms with Crippen LogP contribution in [0.15, 0.2) is 22.8 Å². The number of hydrogen-bond donors (Lipinski definition) is 0. The van der Waals surface area contributed by atoms with Crippen molar-refractivity contribution in [2.24, 2.45) is 5.92 Å². The molecule has 21 heavy (non-hydrogen) atoms. The second kappa shape index (κ2) is 6.64. The van der Waals surface area contributed by atoms with Gasteiger partial charge in [0.15, 0.2) is 0 Å². The van der Waals surface area contributed by atoms with E-state index in [2.05, 4.69) is 20.9 Å². The Morgan fingerprint density at radius 2 is 2.29 bits per heavy atom. The molecule has 1 saturated heterocycles. The minimum atomic E-state index is -0.454. The number of aromatic nitrogens is 1. The lowest BCUT2D eigenvalue weighted by molar-refractivity contribution is 0.0284. The van der Waals surface area contributed by atoms with Crippen molar-refractivity contribution < 1.29 is 14.3 Å². The third kappa shape index (κ3) is 4.88. The van der Waals surface area contributed by atoms with Crippen molar-refractivity contribution in [2.45, 2.75) is 32.8 Å². The van der Waals surface area contributed by atoms with Crippen molar-refractivity contribution in [3.8, 4) is 5.88 Å². The summed E-state index contributed by atoms with van der Waals surface area (Å²) in [6.07, 6.45) is 2.37. The van der Waals surface area contributed by atoms with E-state index in [4.69, 9.17) is 9.47 Å². The van der Waals surface area contributed by atoms with E-state index in [0.29, 0.717) is 31.5 Å². The van der Waals surface area contributed by atoms with Crippen LogP contribution in [0.3, 0.4) is 0 Å². The van der Waals surface area contributed by atoms with Gasteiger partial charge in [0, 0.05) is 25.2 Å². The first-order valence-electron chi connectivity index (χ1n) is 7.06. The van der Waals surface area contributed by atoms with Crippen molar-refractivity contribution in [1.82, 2.24) is 9.88 Å². The summed E-state index contributed by atoms with van der Waals surface area (Å²) in [5.74, 6) is 0.902. The lowest BCUT2D eigenvalue weighted by atomic mass is 10.1. The molecule has 2 rings (SSSR count). The van der Waals surface area contributed by atoms with E-state index in [1.54, 1.807) is 11.1 Å². The fraction of sp³-hybridized carbons (Fsp3) is 0.600. The average Bonchev–Trinajstić information content (AvgIpc) is 2.85. The Labute approximate surface area is 133 Å². The summed E-state index contributed by atoms with van der Waals surface area (Å²) in [6, 6.07) is 3.74. The zero-order valence-corrected chi connectivity index (χ0v) is 14.2. The first kappa shape index (κ1) is 16.1. The summed E-state index contributed by atoms with van der Waals surface area (Å²) in [5, 5.41) is 0. The lowest BCUT2D eigenvalue weighted by Gasteiger charge is -2.24. The molecule has 1 aliphatic rings. The van der Waals surface area contributed by atoms with Crippen LogP contribution >= 0.6 is 15.9 Å². The van der Waals surface area contributed by atoms with Gasteiger partial charge in [-0.2, -0.15) is 0 Å². The Kier molecular flexibility index (Phi) is 5.08.